The predicted molar refractivity (Wildman–Crippen MR) is 76.3 cm³/mol. The summed E-state index contributed by atoms with van der Waals surface area (Å²) in [6.07, 6.45) is 1.33. The van der Waals surface area contributed by atoms with Crippen molar-refractivity contribution in [1.29, 1.82) is 0 Å². The number of amides is 1. The smallest absolute Gasteiger partial charge is 0.257 e. The topological polar surface area (TPSA) is 85.1 Å². The van der Waals surface area contributed by atoms with Gasteiger partial charge in [-0.1, -0.05) is 0 Å². The fourth-order valence-electron chi connectivity index (χ4n) is 1.46. The van der Waals surface area contributed by atoms with E-state index in [1.54, 1.807) is 0 Å². The average Bonchev–Trinajstić information content (AvgIpc) is 2.48. The van der Waals surface area contributed by atoms with Crippen LogP contribution in [0.3, 0.4) is 0 Å². The number of nitro groups is 1. The number of nitrogens with zero attached hydrogens (tertiary/aromatic N) is 2. The monoisotopic (exact) mass is 307 g/mol. The summed E-state index contributed by atoms with van der Waals surface area (Å²) >= 11 is 0.971. The first-order chi connectivity index (χ1) is 10.0. The number of hydrogen-bond acceptors (Lipinski definition) is 5. The number of carbonyl (C=O) groups excluding carboxylic acids is 1. The lowest BCUT2D eigenvalue weighted by Gasteiger charge is -2.05. The minimum absolute atomic E-state index is 0.284. The zero-order chi connectivity index (χ0) is 15.2. The Hall–Kier alpha value is -2.48. The van der Waals surface area contributed by atoms with Gasteiger partial charge in [0.05, 0.1) is 5.56 Å². The van der Waals surface area contributed by atoms with Crippen molar-refractivity contribution in [2.75, 3.05) is 11.2 Å². The van der Waals surface area contributed by atoms with Crippen LogP contribution in [-0.4, -0.2) is 21.7 Å². The maximum Gasteiger partial charge on any atom is 0.257 e. The lowest BCUT2D eigenvalue weighted by molar-refractivity contribution is -0.456. The highest BCUT2D eigenvalue weighted by Crippen LogP contribution is 2.16. The second kappa shape index (κ2) is 6.80. The Morgan fingerprint density at radius 1 is 1.29 bits per heavy atom. The molecule has 0 bridgehead atoms. The van der Waals surface area contributed by atoms with Gasteiger partial charge < -0.3 is 5.32 Å². The van der Waals surface area contributed by atoms with E-state index < -0.39 is 4.92 Å². The van der Waals surface area contributed by atoms with E-state index >= 15 is 0 Å². The number of thioether (sulfide) groups is 1. The van der Waals surface area contributed by atoms with Gasteiger partial charge in [0.15, 0.2) is 0 Å². The van der Waals surface area contributed by atoms with Gasteiger partial charge in [0.25, 0.3) is 11.8 Å². The molecule has 1 aromatic heterocycles. The molecule has 8 heteroatoms. The first-order valence-electron chi connectivity index (χ1n) is 5.82. The number of hydrogen-bond donors (Lipinski definition) is 1. The number of anilines is 1. The first-order valence-corrected chi connectivity index (χ1v) is 6.81. The highest BCUT2D eigenvalue weighted by Gasteiger charge is 2.08. The molecule has 108 valence electrons. The van der Waals surface area contributed by atoms with Gasteiger partial charge in [0, 0.05) is 16.8 Å². The highest BCUT2D eigenvalue weighted by molar-refractivity contribution is 7.99. The van der Waals surface area contributed by atoms with Gasteiger partial charge in [-0.15, -0.1) is 0 Å². The summed E-state index contributed by atoms with van der Waals surface area (Å²) < 4.78 is 12.7. The summed E-state index contributed by atoms with van der Waals surface area (Å²) in [4.78, 5) is 25.7. The molecule has 6 nitrogen and oxygen atoms in total. The Morgan fingerprint density at radius 3 is 2.57 bits per heavy atom. The Labute approximate surface area is 123 Å². The van der Waals surface area contributed by atoms with Crippen molar-refractivity contribution in [3.63, 3.8) is 0 Å². The molecule has 0 radical (unpaired) electrons. The zero-order valence-electron chi connectivity index (χ0n) is 10.7. The molecule has 0 saturated carbocycles. The summed E-state index contributed by atoms with van der Waals surface area (Å²) in [5.41, 5.74) is 0.776. The van der Waals surface area contributed by atoms with Crippen LogP contribution in [-0.2, 0) is 0 Å². The van der Waals surface area contributed by atoms with Crippen LogP contribution < -0.4 is 5.32 Å². The molecule has 0 atom stereocenters. The molecule has 0 unspecified atom stereocenters. The van der Waals surface area contributed by atoms with Crippen LogP contribution in [0, 0.1) is 15.9 Å². The van der Waals surface area contributed by atoms with Crippen molar-refractivity contribution in [1.82, 2.24) is 4.98 Å². The third-order valence-corrected chi connectivity index (χ3v) is 3.30. The molecule has 1 amide bonds. The maximum absolute atomic E-state index is 12.7. The van der Waals surface area contributed by atoms with E-state index in [1.807, 2.05) is 0 Å². The van der Waals surface area contributed by atoms with Gasteiger partial charge in [0.1, 0.15) is 10.8 Å². The number of rotatable bonds is 5. The van der Waals surface area contributed by atoms with Crippen LogP contribution in [0.1, 0.15) is 10.4 Å². The fraction of sp³-hybridized carbons (Fsp3) is 0.0769. The van der Waals surface area contributed by atoms with E-state index in [-0.39, 0.29) is 17.6 Å². The summed E-state index contributed by atoms with van der Waals surface area (Å²) in [5, 5.41) is 13.3. The largest absolute Gasteiger partial charge is 0.322 e. The SMILES string of the molecule is O=C(Nc1ccc(F)cc1)c1ccc(SC[N+](=O)[O-])nc1. The van der Waals surface area contributed by atoms with E-state index in [0.29, 0.717) is 16.3 Å². The quantitative estimate of drug-likeness (QED) is 0.397. The molecule has 1 N–H and O–H groups in total. The van der Waals surface area contributed by atoms with Crippen molar-refractivity contribution in [3.05, 3.63) is 64.1 Å². The molecule has 0 fully saturated rings. The molecular weight excluding hydrogens is 297 g/mol. The van der Waals surface area contributed by atoms with E-state index in [0.717, 1.165) is 11.8 Å². The lowest BCUT2D eigenvalue weighted by atomic mass is 10.2. The third-order valence-electron chi connectivity index (χ3n) is 2.42. The van der Waals surface area contributed by atoms with Gasteiger partial charge in [0.2, 0.25) is 0 Å². The summed E-state index contributed by atoms with van der Waals surface area (Å²) in [5.74, 6) is -1.06. The summed E-state index contributed by atoms with van der Waals surface area (Å²) in [6.45, 7) is 0. The molecule has 0 aliphatic heterocycles. The van der Waals surface area contributed by atoms with Crippen molar-refractivity contribution in [2.24, 2.45) is 0 Å². The van der Waals surface area contributed by atoms with Crippen LogP contribution >= 0.6 is 11.8 Å². The van der Waals surface area contributed by atoms with Gasteiger partial charge in [-0.2, -0.15) is 0 Å². The van der Waals surface area contributed by atoms with E-state index in [4.69, 9.17) is 0 Å². The third kappa shape index (κ3) is 4.53. The van der Waals surface area contributed by atoms with Crippen LogP contribution in [0.15, 0.2) is 47.6 Å². The Bertz CT molecular complexity index is 647. The Kier molecular flexibility index (Phi) is 4.83. The molecular formula is C13H10FN3O3S. The van der Waals surface area contributed by atoms with E-state index in [2.05, 4.69) is 10.3 Å². The lowest BCUT2D eigenvalue weighted by Crippen LogP contribution is -2.12. The van der Waals surface area contributed by atoms with Crippen LogP contribution in [0.2, 0.25) is 0 Å². The molecule has 1 aromatic carbocycles. The number of carbonyl (C=O) groups is 1. The van der Waals surface area contributed by atoms with Gasteiger partial charge in [-0.3, -0.25) is 14.9 Å². The second-order valence-corrected chi connectivity index (χ2v) is 4.92. The Balaban J connectivity index is 1.99. The number of halogens is 1. The molecule has 0 spiro atoms. The first kappa shape index (κ1) is 14.9. The van der Waals surface area contributed by atoms with Crippen molar-refractivity contribution < 1.29 is 14.1 Å². The van der Waals surface area contributed by atoms with Crippen molar-refractivity contribution in [3.8, 4) is 0 Å². The van der Waals surface area contributed by atoms with Crippen LogP contribution in [0.25, 0.3) is 0 Å². The number of nitrogens with one attached hydrogen (secondary N) is 1. The maximum atomic E-state index is 12.7. The molecule has 2 aromatic rings. The molecule has 0 aliphatic carbocycles. The van der Waals surface area contributed by atoms with Crippen molar-refractivity contribution in [2.45, 2.75) is 5.03 Å². The molecule has 21 heavy (non-hydrogen) atoms. The van der Waals surface area contributed by atoms with Crippen LogP contribution in [0.5, 0.6) is 0 Å². The zero-order valence-corrected chi connectivity index (χ0v) is 11.5. The minimum Gasteiger partial charge on any atom is -0.322 e. The average molecular weight is 307 g/mol. The predicted octanol–water partition coefficient (Wildman–Crippen LogP) is 2.80. The number of pyridine rings is 1. The summed E-state index contributed by atoms with van der Waals surface area (Å²) in [6, 6.07) is 8.43. The second-order valence-electron chi connectivity index (χ2n) is 3.95. The minimum atomic E-state index is -0.457. The van der Waals surface area contributed by atoms with Gasteiger partial charge in [-0.05, 0) is 48.2 Å². The van der Waals surface area contributed by atoms with Crippen molar-refractivity contribution >= 4 is 23.4 Å². The molecule has 0 aliphatic rings. The van der Waals surface area contributed by atoms with Crippen LogP contribution in [0.4, 0.5) is 10.1 Å². The highest BCUT2D eigenvalue weighted by atomic mass is 32.2. The molecule has 2 rings (SSSR count). The van der Waals surface area contributed by atoms with E-state index in [1.165, 1.54) is 42.6 Å². The van der Waals surface area contributed by atoms with Gasteiger partial charge >= 0.3 is 0 Å². The molecule has 0 saturated heterocycles. The molecule has 1 heterocycles. The summed E-state index contributed by atoms with van der Waals surface area (Å²) in [7, 11) is 0. The van der Waals surface area contributed by atoms with E-state index in [9.17, 15) is 19.3 Å². The Morgan fingerprint density at radius 2 is 2.00 bits per heavy atom. The standard InChI is InChI=1S/C13H10FN3O3S/c14-10-2-4-11(5-3-10)16-13(18)9-1-6-12(15-7-9)21-8-17(19)20/h1-7H,8H2,(H,16,18). The van der Waals surface area contributed by atoms with Gasteiger partial charge in [-0.25, -0.2) is 9.37 Å². The number of benzene rings is 1. The normalized spacial score (nSPS) is 10.1. The fourth-order valence-corrected chi connectivity index (χ4v) is 1.98. The number of aromatic nitrogens is 1.